The van der Waals surface area contributed by atoms with Gasteiger partial charge in [-0.2, -0.15) is 0 Å². The van der Waals surface area contributed by atoms with Crippen LogP contribution in [-0.4, -0.2) is 18.5 Å². The maximum atomic E-state index is 11.2. The van der Waals surface area contributed by atoms with Crippen molar-refractivity contribution < 1.29 is 4.79 Å². The smallest absolute Gasteiger partial charge is 0.220 e. The Hall–Kier alpha value is -1.35. The van der Waals surface area contributed by atoms with Crippen LogP contribution in [-0.2, 0) is 11.2 Å². The molecule has 0 aromatic heterocycles. The van der Waals surface area contributed by atoms with E-state index in [2.05, 4.69) is 34.9 Å². The zero-order valence-electron chi connectivity index (χ0n) is 10.6. The van der Waals surface area contributed by atoms with Gasteiger partial charge in [0, 0.05) is 25.0 Å². The molecule has 1 amide bonds. The van der Waals surface area contributed by atoms with Crippen molar-refractivity contribution in [2.24, 2.45) is 0 Å². The Balaban J connectivity index is 1.62. The summed E-state index contributed by atoms with van der Waals surface area (Å²) in [5, 5.41) is 6.64. The van der Waals surface area contributed by atoms with Crippen LogP contribution in [0.15, 0.2) is 24.3 Å². The predicted molar refractivity (Wildman–Crippen MR) is 71.3 cm³/mol. The first-order valence-electron chi connectivity index (χ1n) is 6.93. The van der Waals surface area contributed by atoms with Crippen LogP contribution in [0.4, 0.5) is 0 Å². The van der Waals surface area contributed by atoms with Gasteiger partial charge in [-0.15, -0.1) is 0 Å². The first kappa shape index (κ1) is 11.7. The molecule has 1 heterocycles. The predicted octanol–water partition coefficient (Wildman–Crippen LogP) is 1.93. The Bertz CT molecular complexity index is 444. The molecule has 0 radical (unpaired) electrons. The van der Waals surface area contributed by atoms with Gasteiger partial charge in [0.2, 0.25) is 5.91 Å². The van der Waals surface area contributed by atoms with Crippen LogP contribution in [0.5, 0.6) is 0 Å². The average Bonchev–Trinajstić information content (AvgIpc) is 2.82. The Kier molecular flexibility index (Phi) is 3.33. The summed E-state index contributed by atoms with van der Waals surface area (Å²) in [5.74, 6) is 0.200. The zero-order valence-corrected chi connectivity index (χ0v) is 10.6. The van der Waals surface area contributed by atoms with E-state index in [0.717, 1.165) is 13.0 Å². The first-order chi connectivity index (χ1) is 8.83. The second-order valence-corrected chi connectivity index (χ2v) is 5.35. The molecule has 1 saturated heterocycles. The third-order valence-corrected chi connectivity index (χ3v) is 4.07. The molecule has 0 spiro atoms. The number of rotatable bonds is 3. The fourth-order valence-electron chi connectivity index (χ4n) is 3.08. The summed E-state index contributed by atoms with van der Waals surface area (Å²) >= 11 is 0. The highest BCUT2D eigenvalue weighted by atomic mass is 16.1. The van der Waals surface area contributed by atoms with Crippen LogP contribution in [0.1, 0.15) is 42.9 Å². The van der Waals surface area contributed by atoms with E-state index in [4.69, 9.17) is 0 Å². The molecule has 1 aromatic carbocycles. The van der Waals surface area contributed by atoms with Gasteiger partial charge in [0.15, 0.2) is 0 Å². The number of amides is 1. The van der Waals surface area contributed by atoms with Crippen molar-refractivity contribution in [3.8, 4) is 0 Å². The van der Waals surface area contributed by atoms with E-state index in [1.807, 2.05) is 0 Å². The molecule has 2 unspecified atom stereocenters. The van der Waals surface area contributed by atoms with E-state index in [1.54, 1.807) is 0 Å². The molecule has 1 aliphatic heterocycles. The molecule has 1 aliphatic carbocycles. The van der Waals surface area contributed by atoms with Gasteiger partial charge in [0.1, 0.15) is 0 Å². The van der Waals surface area contributed by atoms with Crippen molar-refractivity contribution in [2.45, 2.75) is 44.2 Å². The fraction of sp³-hybridized carbons (Fsp3) is 0.533. The first-order valence-corrected chi connectivity index (χ1v) is 6.93. The van der Waals surface area contributed by atoms with Crippen molar-refractivity contribution in [1.82, 2.24) is 10.6 Å². The molecule has 3 rings (SSSR count). The summed E-state index contributed by atoms with van der Waals surface area (Å²) in [6.07, 6.45) is 5.33. The van der Waals surface area contributed by atoms with Gasteiger partial charge >= 0.3 is 0 Å². The van der Waals surface area contributed by atoms with Crippen molar-refractivity contribution >= 4 is 5.91 Å². The van der Waals surface area contributed by atoms with Crippen LogP contribution in [0, 0.1) is 0 Å². The number of benzene rings is 1. The standard InChI is InChI=1S/C15H20N2O/c18-15-9-8-12(17-15)10-16-14-7-3-5-11-4-1-2-6-13(11)14/h1-2,4,6,12,14,16H,3,5,7-10H2,(H,17,18). The Morgan fingerprint density at radius 1 is 1.22 bits per heavy atom. The Morgan fingerprint density at radius 3 is 2.94 bits per heavy atom. The summed E-state index contributed by atoms with van der Waals surface area (Å²) < 4.78 is 0. The number of carbonyl (C=O) groups is 1. The molecule has 3 heteroatoms. The summed E-state index contributed by atoms with van der Waals surface area (Å²) in [6.45, 7) is 0.894. The molecule has 0 saturated carbocycles. The van der Waals surface area contributed by atoms with E-state index in [-0.39, 0.29) is 5.91 Å². The molecule has 2 N–H and O–H groups in total. The van der Waals surface area contributed by atoms with Crippen LogP contribution in [0.25, 0.3) is 0 Å². The van der Waals surface area contributed by atoms with Gasteiger partial charge < -0.3 is 10.6 Å². The summed E-state index contributed by atoms with van der Waals surface area (Å²) in [7, 11) is 0. The summed E-state index contributed by atoms with van der Waals surface area (Å²) in [6, 6.07) is 9.51. The van der Waals surface area contributed by atoms with E-state index >= 15 is 0 Å². The van der Waals surface area contributed by atoms with Crippen molar-refractivity contribution in [2.75, 3.05) is 6.54 Å². The molecule has 2 aliphatic rings. The molecule has 0 bridgehead atoms. The molecule has 3 nitrogen and oxygen atoms in total. The lowest BCUT2D eigenvalue weighted by molar-refractivity contribution is -0.119. The van der Waals surface area contributed by atoms with Gasteiger partial charge in [-0.05, 0) is 36.8 Å². The van der Waals surface area contributed by atoms with Crippen LogP contribution in [0.2, 0.25) is 0 Å². The maximum Gasteiger partial charge on any atom is 0.220 e. The molecular formula is C15H20N2O. The number of hydrogen-bond donors (Lipinski definition) is 2. The summed E-state index contributed by atoms with van der Waals surface area (Å²) in [5.41, 5.74) is 2.93. The lowest BCUT2D eigenvalue weighted by atomic mass is 9.87. The Morgan fingerprint density at radius 2 is 2.11 bits per heavy atom. The number of nitrogens with one attached hydrogen (secondary N) is 2. The monoisotopic (exact) mass is 244 g/mol. The average molecular weight is 244 g/mol. The highest BCUT2D eigenvalue weighted by Gasteiger charge is 2.23. The normalized spacial score (nSPS) is 26.8. The molecule has 1 aromatic rings. The highest BCUT2D eigenvalue weighted by molar-refractivity contribution is 5.78. The second-order valence-electron chi connectivity index (χ2n) is 5.35. The number of fused-ring (bicyclic) bond motifs is 1. The van der Waals surface area contributed by atoms with E-state index in [9.17, 15) is 4.79 Å². The number of aryl methyl sites for hydroxylation is 1. The molecule has 1 fully saturated rings. The third kappa shape index (κ3) is 2.41. The quantitative estimate of drug-likeness (QED) is 0.853. The van der Waals surface area contributed by atoms with E-state index in [1.165, 1.54) is 30.4 Å². The van der Waals surface area contributed by atoms with Crippen LogP contribution in [0.3, 0.4) is 0 Å². The largest absolute Gasteiger partial charge is 0.352 e. The van der Waals surface area contributed by atoms with Gasteiger partial charge in [-0.1, -0.05) is 24.3 Å². The fourth-order valence-corrected chi connectivity index (χ4v) is 3.08. The van der Waals surface area contributed by atoms with Crippen molar-refractivity contribution in [3.05, 3.63) is 35.4 Å². The molecule has 2 atom stereocenters. The highest BCUT2D eigenvalue weighted by Crippen LogP contribution is 2.29. The minimum atomic E-state index is 0.200. The Labute approximate surface area is 108 Å². The second kappa shape index (κ2) is 5.11. The lowest BCUT2D eigenvalue weighted by Crippen LogP contribution is -2.38. The molecular weight excluding hydrogens is 224 g/mol. The van der Waals surface area contributed by atoms with Gasteiger partial charge in [-0.3, -0.25) is 4.79 Å². The maximum absolute atomic E-state index is 11.2. The minimum absolute atomic E-state index is 0.200. The number of hydrogen-bond acceptors (Lipinski definition) is 2. The molecule has 96 valence electrons. The van der Waals surface area contributed by atoms with Crippen molar-refractivity contribution in [3.63, 3.8) is 0 Å². The third-order valence-electron chi connectivity index (χ3n) is 4.07. The summed E-state index contributed by atoms with van der Waals surface area (Å²) in [4.78, 5) is 11.2. The minimum Gasteiger partial charge on any atom is -0.352 e. The van der Waals surface area contributed by atoms with Gasteiger partial charge in [-0.25, -0.2) is 0 Å². The van der Waals surface area contributed by atoms with Gasteiger partial charge in [0.25, 0.3) is 0 Å². The van der Waals surface area contributed by atoms with E-state index in [0.29, 0.717) is 18.5 Å². The van der Waals surface area contributed by atoms with Crippen molar-refractivity contribution in [1.29, 1.82) is 0 Å². The topological polar surface area (TPSA) is 41.1 Å². The number of carbonyl (C=O) groups excluding carboxylic acids is 1. The van der Waals surface area contributed by atoms with Crippen LogP contribution >= 0.6 is 0 Å². The van der Waals surface area contributed by atoms with E-state index < -0.39 is 0 Å². The van der Waals surface area contributed by atoms with Gasteiger partial charge in [0.05, 0.1) is 0 Å². The SMILES string of the molecule is O=C1CCC(CNC2CCCc3ccccc32)N1. The lowest BCUT2D eigenvalue weighted by Gasteiger charge is -2.27. The molecule has 18 heavy (non-hydrogen) atoms. The van der Waals surface area contributed by atoms with Crippen LogP contribution < -0.4 is 10.6 Å². The zero-order chi connectivity index (χ0) is 12.4.